The van der Waals surface area contributed by atoms with E-state index in [9.17, 15) is 10.1 Å². The van der Waals surface area contributed by atoms with Crippen molar-refractivity contribution in [2.24, 2.45) is 0 Å². The fourth-order valence-electron chi connectivity index (χ4n) is 0.707. The lowest BCUT2D eigenvalue weighted by Crippen LogP contribution is -1.87. The molecule has 1 aromatic carbocycles. The van der Waals surface area contributed by atoms with Crippen LogP contribution in [0.1, 0.15) is 12.5 Å². The first-order valence-corrected chi connectivity index (χ1v) is 5.48. The Hall–Kier alpha value is -1.18. The number of carboxylic acids is 1. The Kier molecular flexibility index (Phi) is 6.59. The molecule has 0 radical (unpaired) electrons. The quantitative estimate of drug-likeness (QED) is 0.393. The third kappa shape index (κ3) is 6.83. The van der Waals surface area contributed by atoms with E-state index in [1.165, 1.54) is 12.1 Å². The van der Waals surface area contributed by atoms with Crippen LogP contribution in [0.4, 0.5) is 5.69 Å². The average molecular weight is 323 g/mol. The van der Waals surface area contributed by atoms with Gasteiger partial charge in [0.25, 0.3) is 11.7 Å². The number of hydrogen-bond acceptors (Lipinski definition) is 3. The fraction of sp³-hybridized carbons (Fsp3) is 0.222. The average Bonchev–Trinajstić information content (AvgIpc) is 2.17. The van der Waals surface area contributed by atoms with Crippen LogP contribution in [0.5, 0.6) is 0 Å². The van der Waals surface area contributed by atoms with Gasteiger partial charge in [0, 0.05) is 23.5 Å². The summed E-state index contributed by atoms with van der Waals surface area (Å²) in [6, 6.07) is 6.58. The molecule has 0 heterocycles. The van der Waals surface area contributed by atoms with Crippen molar-refractivity contribution in [1.82, 2.24) is 0 Å². The summed E-state index contributed by atoms with van der Waals surface area (Å²) in [5, 5.41) is 17.6. The molecule has 1 rings (SSSR count). The number of alkyl halides is 1. The molecule has 0 fully saturated rings. The lowest BCUT2D eigenvalue weighted by molar-refractivity contribution is -0.384. The Morgan fingerprint density at radius 2 is 1.87 bits per heavy atom. The van der Waals surface area contributed by atoms with Crippen molar-refractivity contribution in [3.63, 3.8) is 0 Å². The van der Waals surface area contributed by atoms with Crippen LogP contribution in [0, 0.1) is 10.1 Å². The van der Waals surface area contributed by atoms with Crippen molar-refractivity contribution in [2.45, 2.75) is 11.4 Å². The molecule has 15 heavy (non-hydrogen) atoms. The second kappa shape index (κ2) is 7.16. The van der Waals surface area contributed by atoms with Crippen LogP contribution in [0.3, 0.4) is 0 Å². The standard InChI is InChI=1S/C7H6INO2.C2H4O2/c8-5-6-1-3-7(4-2-6)9(10)11;1-2(3)4/h1-4H,5H2;1H3,(H,3,4). The Morgan fingerprint density at radius 3 is 2.13 bits per heavy atom. The van der Waals surface area contributed by atoms with Crippen molar-refractivity contribution >= 4 is 34.2 Å². The number of aliphatic carboxylic acids is 1. The number of benzene rings is 1. The molecule has 0 saturated heterocycles. The van der Waals surface area contributed by atoms with E-state index in [0.29, 0.717) is 0 Å². The topological polar surface area (TPSA) is 80.4 Å². The summed E-state index contributed by atoms with van der Waals surface area (Å²) in [6.45, 7) is 1.08. The van der Waals surface area contributed by atoms with Crippen LogP contribution in [-0.2, 0) is 9.22 Å². The van der Waals surface area contributed by atoms with Crippen LogP contribution in [0.15, 0.2) is 24.3 Å². The fourth-order valence-corrected chi connectivity index (χ4v) is 1.22. The number of nitrogens with zero attached hydrogens (tertiary/aromatic N) is 1. The predicted molar refractivity (Wildman–Crippen MR) is 64.1 cm³/mol. The van der Waals surface area contributed by atoms with E-state index in [-0.39, 0.29) is 5.69 Å². The molecule has 0 aliphatic rings. The third-order valence-electron chi connectivity index (χ3n) is 1.30. The van der Waals surface area contributed by atoms with Crippen LogP contribution in [0.25, 0.3) is 0 Å². The zero-order valence-corrected chi connectivity index (χ0v) is 10.2. The largest absolute Gasteiger partial charge is 0.481 e. The summed E-state index contributed by atoms with van der Waals surface area (Å²) in [6.07, 6.45) is 0. The first-order chi connectivity index (χ1) is 6.97. The molecule has 1 aromatic rings. The van der Waals surface area contributed by atoms with Crippen molar-refractivity contribution in [3.8, 4) is 0 Å². The Bertz CT molecular complexity index is 332. The van der Waals surface area contributed by atoms with Gasteiger partial charge in [0.15, 0.2) is 0 Å². The van der Waals surface area contributed by atoms with Gasteiger partial charge in [0.1, 0.15) is 0 Å². The number of hydrogen-bond donors (Lipinski definition) is 1. The molecule has 0 atom stereocenters. The van der Waals surface area contributed by atoms with Gasteiger partial charge in [-0.3, -0.25) is 14.9 Å². The molecule has 6 heteroatoms. The highest BCUT2D eigenvalue weighted by molar-refractivity contribution is 14.1. The minimum atomic E-state index is -0.833. The van der Waals surface area contributed by atoms with E-state index < -0.39 is 10.9 Å². The van der Waals surface area contributed by atoms with E-state index >= 15 is 0 Å². The van der Waals surface area contributed by atoms with Crippen LogP contribution >= 0.6 is 22.6 Å². The number of nitro groups is 1. The van der Waals surface area contributed by atoms with Crippen molar-refractivity contribution in [2.75, 3.05) is 0 Å². The molecule has 0 aliphatic carbocycles. The first kappa shape index (κ1) is 13.8. The van der Waals surface area contributed by atoms with Crippen LogP contribution in [0.2, 0.25) is 0 Å². The molecular weight excluding hydrogens is 313 g/mol. The van der Waals surface area contributed by atoms with Gasteiger partial charge in [-0.05, 0) is 5.56 Å². The highest BCUT2D eigenvalue weighted by Gasteiger charge is 2.02. The molecule has 0 bridgehead atoms. The van der Waals surface area contributed by atoms with E-state index in [0.717, 1.165) is 16.9 Å². The monoisotopic (exact) mass is 323 g/mol. The Morgan fingerprint density at radius 1 is 1.47 bits per heavy atom. The minimum absolute atomic E-state index is 0.151. The van der Waals surface area contributed by atoms with Crippen molar-refractivity contribution in [1.29, 1.82) is 0 Å². The van der Waals surface area contributed by atoms with Gasteiger partial charge in [-0.25, -0.2) is 0 Å². The number of non-ortho nitro benzene ring substituents is 1. The number of halogens is 1. The second-order valence-electron chi connectivity index (χ2n) is 2.58. The smallest absolute Gasteiger partial charge is 0.300 e. The maximum Gasteiger partial charge on any atom is 0.300 e. The number of carbonyl (C=O) groups is 1. The SMILES string of the molecule is CC(=O)O.O=[N+]([O-])c1ccc(CI)cc1. The molecule has 0 spiro atoms. The van der Waals surface area contributed by atoms with Gasteiger partial charge in [0.2, 0.25) is 0 Å². The first-order valence-electron chi connectivity index (χ1n) is 3.96. The number of carboxylic acid groups (broad SMARTS) is 1. The zero-order valence-electron chi connectivity index (χ0n) is 8.01. The third-order valence-corrected chi connectivity index (χ3v) is 2.18. The molecule has 1 N–H and O–H groups in total. The Labute approximate surface area is 100 Å². The van der Waals surface area contributed by atoms with E-state index in [1.807, 2.05) is 0 Å². The summed E-state index contributed by atoms with van der Waals surface area (Å²) in [5.74, 6) is -0.833. The number of rotatable bonds is 2. The summed E-state index contributed by atoms with van der Waals surface area (Å²) in [7, 11) is 0. The molecule has 0 aliphatic heterocycles. The molecule has 0 amide bonds. The van der Waals surface area contributed by atoms with Gasteiger partial charge < -0.3 is 5.11 Å². The van der Waals surface area contributed by atoms with Gasteiger partial charge in [-0.15, -0.1) is 0 Å². The van der Waals surface area contributed by atoms with Gasteiger partial charge in [-0.2, -0.15) is 0 Å². The lowest BCUT2D eigenvalue weighted by Gasteiger charge is -1.92. The molecule has 0 unspecified atom stereocenters. The maximum atomic E-state index is 10.2. The van der Waals surface area contributed by atoms with Crippen LogP contribution in [-0.4, -0.2) is 16.0 Å². The predicted octanol–water partition coefficient (Wildman–Crippen LogP) is 2.62. The second-order valence-corrected chi connectivity index (χ2v) is 3.34. The highest BCUT2D eigenvalue weighted by Crippen LogP contribution is 2.13. The van der Waals surface area contributed by atoms with E-state index in [1.54, 1.807) is 12.1 Å². The normalized spacial score (nSPS) is 8.67. The minimum Gasteiger partial charge on any atom is -0.481 e. The highest BCUT2D eigenvalue weighted by atomic mass is 127. The number of nitro benzene ring substituents is 1. The molecule has 5 nitrogen and oxygen atoms in total. The maximum absolute atomic E-state index is 10.2. The molecular formula is C9H10INO4. The lowest BCUT2D eigenvalue weighted by atomic mass is 10.2. The zero-order chi connectivity index (χ0) is 11.8. The van der Waals surface area contributed by atoms with Gasteiger partial charge >= 0.3 is 0 Å². The Balaban J connectivity index is 0.000000423. The molecule has 82 valence electrons. The van der Waals surface area contributed by atoms with E-state index in [2.05, 4.69) is 22.6 Å². The van der Waals surface area contributed by atoms with Crippen molar-refractivity contribution in [3.05, 3.63) is 39.9 Å². The van der Waals surface area contributed by atoms with Crippen LogP contribution < -0.4 is 0 Å². The summed E-state index contributed by atoms with van der Waals surface area (Å²) < 4.78 is 0.885. The summed E-state index contributed by atoms with van der Waals surface area (Å²) >= 11 is 2.21. The summed E-state index contributed by atoms with van der Waals surface area (Å²) in [5.41, 5.74) is 1.26. The molecule has 0 aromatic heterocycles. The summed E-state index contributed by atoms with van der Waals surface area (Å²) in [4.78, 5) is 18.8. The van der Waals surface area contributed by atoms with Gasteiger partial charge in [0.05, 0.1) is 4.92 Å². The van der Waals surface area contributed by atoms with Gasteiger partial charge in [-0.1, -0.05) is 34.7 Å². The van der Waals surface area contributed by atoms with E-state index in [4.69, 9.17) is 9.90 Å². The molecule has 0 saturated carbocycles. The van der Waals surface area contributed by atoms with Crippen molar-refractivity contribution < 1.29 is 14.8 Å².